The predicted molar refractivity (Wildman–Crippen MR) is 330 cm³/mol. The Morgan fingerprint density at radius 1 is 0.250 bits per heavy atom. The molecule has 0 heteroatoms. The molecule has 0 atom stereocenters. The van der Waals surface area contributed by atoms with Gasteiger partial charge in [0.05, 0.1) is 0 Å². The molecule has 0 aliphatic heterocycles. The fraction of sp³-hybridized carbons (Fsp3) is 0.184. The molecule has 0 aromatic heterocycles. The summed E-state index contributed by atoms with van der Waals surface area (Å²) in [6.45, 7) is 28.1. The van der Waals surface area contributed by atoms with Crippen LogP contribution >= 0.6 is 0 Å². The second-order valence-corrected chi connectivity index (χ2v) is 25.4. The van der Waals surface area contributed by atoms with Crippen LogP contribution in [0.15, 0.2) is 146 Å². The average Bonchev–Trinajstić information content (AvgIpc) is 3.90. The van der Waals surface area contributed by atoms with E-state index < -0.39 is 0 Å². The van der Waals surface area contributed by atoms with E-state index in [-0.39, 0.29) is 10.8 Å². The molecule has 14 aromatic rings. The fourth-order valence-corrected chi connectivity index (χ4v) is 15.8. The van der Waals surface area contributed by atoms with Crippen molar-refractivity contribution < 1.29 is 0 Å². The summed E-state index contributed by atoms with van der Waals surface area (Å²) >= 11 is 0. The van der Waals surface area contributed by atoms with Gasteiger partial charge in [0.2, 0.25) is 0 Å². The Morgan fingerprint density at radius 3 is 0.947 bits per heavy atom. The molecular weight excluding hydrogens is 913 g/mol. The largest absolute Gasteiger partial charge is 0.0616 e. The van der Waals surface area contributed by atoms with Crippen molar-refractivity contribution in [2.75, 3.05) is 0 Å². The number of hydrogen-bond acceptors (Lipinski definition) is 0. The quantitative estimate of drug-likeness (QED) is 0.120. The van der Waals surface area contributed by atoms with Crippen molar-refractivity contribution >= 4 is 108 Å². The second kappa shape index (κ2) is 14.4. The lowest BCUT2D eigenvalue weighted by molar-refractivity contribution is 0.591. The van der Waals surface area contributed by atoms with Gasteiger partial charge in [0.1, 0.15) is 0 Å². The van der Waals surface area contributed by atoms with E-state index in [1.54, 1.807) is 0 Å². The van der Waals surface area contributed by atoms with Crippen molar-refractivity contribution in [1.29, 1.82) is 0 Å². The van der Waals surface area contributed by atoms with E-state index in [4.69, 9.17) is 0 Å². The molecule has 0 unspecified atom stereocenters. The minimum Gasteiger partial charge on any atom is -0.0616 e. The van der Waals surface area contributed by atoms with Crippen LogP contribution in [0.1, 0.15) is 108 Å². The van der Waals surface area contributed by atoms with Crippen LogP contribution < -0.4 is 10.4 Å². The van der Waals surface area contributed by atoms with Crippen molar-refractivity contribution in [3.63, 3.8) is 0 Å². The standard InChI is InChI=1S/C76H60/c1-37-31-39(3)57(40(4)32-37)63-45-19-13-15-21-47(45)65-67-49-29-27-43(75(7,8)9)35-55(49)62-52-24-18-26-54-60(52)72-68(66-48-22-16-14-20-46(48)64(70(54)66)58-41(5)33-38(2)34-42(58)6)50-30-28-44(76(10,11)12)36-56(50)61-51-23-17-25-53(69(63)65)59(51)71(67)73(62)74(61)72/h13-36H,1-12H3. The van der Waals surface area contributed by atoms with Gasteiger partial charge in [0.25, 0.3) is 0 Å². The van der Waals surface area contributed by atoms with E-state index in [2.05, 4.69) is 229 Å². The van der Waals surface area contributed by atoms with Gasteiger partial charge in [-0.2, -0.15) is 0 Å². The average molecular weight is 973 g/mol. The number of aryl methyl sites for hydroxylation is 6. The van der Waals surface area contributed by atoms with Crippen LogP contribution in [0.2, 0.25) is 0 Å². The Hall–Kier alpha value is -8.06. The lowest BCUT2D eigenvalue weighted by Gasteiger charge is -2.28. The fourth-order valence-electron chi connectivity index (χ4n) is 15.8. The van der Waals surface area contributed by atoms with Crippen molar-refractivity contribution in [2.45, 2.75) is 93.9 Å². The highest BCUT2D eigenvalue weighted by Crippen LogP contribution is 2.59. The molecule has 0 N–H and O–H groups in total. The maximum Gasteiger partial charge on any atom is -0.0000474 e. The molecule has 0 bridgehead atoms. The van der Waals surface area contributed by atoms with Crippen molar-refractivity contribution in [2.24, 2.45) is 0 Å². The van der Waals surface area contributed by atoms with Gasteiger partial charge in [-0.05, 0) is 261 Å². The first kappa shape index (κ1) is 44.3. The Labute approximate surface area is 444 Å². The Balaban J connectivity index is 1.29. The monoisotopic (exact) mass is 972 g/mol. The van der Waals surface area contributed by atoms with Crippen LogP contribution in [0.25, 0.3) is 130 Å². The van der Waals surface area contributed by atoms with Gasteiger partial charge in [0.15, 0.2) is 0 Å². The molecule has 14 aromatic carbocycles. The smallest absolute Gasteiger partial charge is 0.0000474 e. The Bertz CT molecular complexity index is 4780. The highest BCUT2D eigenvalue weighted by atomic mass is 14.4. The molecule has 0 heterocycles. The molecule has 76 heavy (non-hydrogen) atoms. The highest BCUT2D eigenvalue weighted by molar-refractivity contribution is 6.56. The van der Waals surface area contributed by atoms with Gasteiger partial charge in [-0.3, -0.25) is 0 Å². The first-order chi connectivity index (χ1) is 36.5. The van der Waals surface area contributed by atoms with Gasteiger partial charge < -0.3 is 0 Å². The summed E-state index contributed by atoms with van der Waals surface area (Å²) in [6.07, 6.45) is 0. The maximum absolute atomic E-state index is 2.61. The summed E-state index contributed by atoms with van der Waals surface area (Å²) in [6, 6.07) is 58.2. The van der Waals surface area contributed by atoms with Gasteiger partial charge >= 0.3 is 0 Å². The van der Waals surface area contributed by atoms with E-state index >= 15 is 0 Å². The first-order valence-corrected chi connectivity index (χ1v) is 27.7. The summed E-state index contributed by atoms with van der Waals surface area (Å²) in [4.78, 5) is 0. The van der Waals surface area contributed by atoms with E-state index in [0.717, 1.165) is 0 Å². The molecule has 0 saturated heterocycles. The van der Waals surface area contributed by atoms with E-state index in [0.29, 0.717) is 0 Å². The molecule has 0 radical (unpaired) electrons. The van der Waals surface area contributed by atoms with Gasteiger partial charge in [-0.25, -0.2) is 0 Å². The van der Waals surface area contributed by atoms with Gasteiger partial charge in [-0.1, -0.05) is 186 Å². The number of hydrogen-bond donors (Lipinski definition) is 0. The van der Waals surface area contributed by atoms with Gasteiger partial charge in [0, 0.05) is 0 Å². The molecular formula is C76H60. The predicted octanol–water partition coefficient (Wildman–Crippen LogP) is 19.3. The maximum atomic E-state index is 2.61. The van der Waals surface area contributed by atoms with Crippen molar-refractivity contribution in [3.8, 4) is 22.3 Å². The molecule has 364 valence electrons. The summed E-state index contributed by atoms with van der Waals surface area (Å²) in [5.41, 5.74) is 24.1. The SMILES string of the molecule is Cc1cc(C)c(C2=c3c(c4c5ccc(C(C)(C)C)cc5c5c6cccc7c8c(c9c%10ccc(C(C)(C)C)cc%10c%10c%11cccc3c%11c4c5c%10c9c76)-c3ccccc3C=8c3c(C)cc(C)cc3C)-c3ccccc32)c(C)c1. The molecule has 16 rings (SSSR count). The molecule has 0 amide bonds. The van der Waals surface area contributed by atoms with Crippen LogP contribution in [0.4, 0.5) is 0 Å². The third kappa shape index (κ3) is 5.35. The lowest BCUT2D eigenvalue weighted by atomic mass is 9.74. The van der Waals surface area contributed by atoms with Crippen LogP contribution in [0.3, 0.4) is 0 Å². The van der Waals surface area contributed by atoms with Crippen molar-refractivity contribution in [3.05, 3.63) is 223 Å². The number of fused-ring (bicyclic) bond motifs is 18. The van der Waals surface area contributed by atoms with E-state index in [9.17, 15) is 0 Å². The van der Waals surface area contributed by atoms with Crippen LogP contribution in [-0.2, 0) is 10.8 Å². The molecule has 0 spiro atoms. The summed E-state index contributed by atoms with van der Waals surface area (Å²) < 4.78 is 0. The third-order valence-corrected chi connectivity index (χ3v) is 18.6. The van der Waals surface area contributed by atoms with Gasteiger partial charge in [-0.15, -0.1) is 0 Å². The Kier molecular flexibility index (Phi) is 8.41. The molecule has 0 nitrogen and oxygen atoms in total. The zero-order chi connectivity index (χ0) is 51.9. The first-order valence-electron chi connectivity index (χ1n) is 27.7. The zero-order valence-electron chi connectivity index (χ0n) is 45.9. The van der Waals surface area contributed by atoms with Crippen LogP contribution in [0, 0.1) is 41.5 Å². The number of rotatable bonds is 2. The minimum atomic E-state index is -0.0663. The molecule has 2 aliphatic rings. The lowest BCUT2D eigenvalue weighted by Crippen LogP contribution is -2.14. The minimum absolute atomic E-state index is 0.0663. The topological polar surface area (TPSA) is 0 Å². The Morgan fingerprint density at radius 2 is 0.579 bits per heavy atom. The molecule has 0 fully saturated rings. The zero-order valence-corrected chi connectivity index (χ0v) is 45.9. The van der Waals surface area contributed by atoms with Crippen LogP contribution in [0.5, 0.6) is 0 Å². The summed E-state index contributed by atoms with van der Waals surface area (Å²) in [7, 11) is 0. The van der Waals surface area contributed by atoms with E-state index in [1.807, 2.05) is 0 Å². The van der Waals surface area contributed by atoms with Crippen molar-refractivity contribution in [1.82, 2.24) is 0 Å². The second-order valence-electron chi connectivity index (χ2n) is 25.4. The molecule has 0 saturated carbocycles. The normalized spacial score (nSPS) is 13.7. The van der Waals surface area contributed by atoms with E-state index in [1.165, 1.54) is 208 Å². The highest BCUT2D eigenvalue weighted by Gasteiger charge is 2.36. The third-order valence-electron chi connectivity index (χ3n) is 18.6. The van der Waals surface area contributed by atoms with Crippen LogP contribution in [-0.4, -0.2) is 0 Å². The molecule has 2 aliphatic carbocycles. The number of benzene rings is 14. The summed E-state index contributed by atoms with van der Waals surface area (Å²) in [5.74, 6) is 0. The summed E-state index contributed by atoms with van der Waals surface area (Å²) in [5, 5.41) is 27.5.